The van der Waals surface area contributed by atoms with E-state index in [0.29, 0.717) is 23.6 Å². The van der Waals surface area contributed by atoms with Crippen LogP contribution in [0.1, 0.15) is 16.0 Å². The average Bonchev–Trinajstić information content (AvgIpc) is 2.94. The van der Waals surface area contributed by atoms with Gasteiger partial charge in [-0.15, -0.1) is 35.3 Å². The van der Waals surface area contributed by atoms with E-state index < -0.39 is 0 Å². The molecule has 0 spiro atoms. The molecule has 1 aromatic carbocycles. The molecule has 2 rings (SSSR count). The van der Waals surface area contributed by atoms with E-state index in [1.54, 1.807) is 24.5 Å². The lowest BCUT2D eigenvalue weighted by Crippen LogP contribution is -2.38. The normalized spacial score (nSPS) is 10.7. The highest BCUT2D eigenvalue weighted by Crippen LogP contribution is 2.23. The predicted molar refractivity (Wildman–Crippen MR) is 110 cm³/mol. The predicted octanol–water partition coefficient (Wildman–Crippen LogP) is 4.35. The van der Waals surface area contributed by atoms with Crippen LogP contribution in [-0.2, 0) is 13.1 Å². The maximum Gasteiger partial charge on any atom is 0.193 e. The van der Waals surface area contributed by atoms with Gasteiger partial charge in [0.1, 0.15) is 5.82 Å². The Morgan fingerprint density at radius 3 is 2.75 bits per heavy atom. The Morgan fingerprint density at radius 1 is 1.42 bits per heavy atom. The van der Waals surface area contributed by atoms with Crippen molar-refractivity contribution in [1.82, 2.24) is 10.2 Å². The fraction of sp³-hybridized carbons (Fsp3) is 0.250. The standard InChI is InChI=1S/C16H16BrFN4S.HI/c1-20-16(22(2)10-13-4-6-15(17)23-13)21-9-12-7-11(8-19)3-5-14(12)18;/h3-7H,9-10H2,1-2H3,(H,20,21);1H. The monoisotopic (exact) mass is 522 g/mol. The van der Waals surface area contributed by atoms with Gasteiger partial charge >= 0.3 is 0 Å². The minimum Gasteiger partial charge on any atom is -0.352 e. The summed E-state index contributed by atoms with van der Waals surface area (Å²) in [4.78, 5) is 7.37. The highest BCUT2D eigenvalue weighted by atomic mass is 127. The number of halogens is 3. The van der Waals surface area contributed by atoms with Crippen LogP contribution in [-0.4, -0.2) is 25.0 Å². The van der Waals surface area contributed by atoms with Gasteiger partial charge < -0.3 is 10.2 Å². The molecule has 24 heavy (non-hydrogen) atoms. The first-order chi connectivity index (χ1) is 11.0. The second-order valence-electron chi connectivity index (χ2n) is 4.88. The second-order valence-corrected chi connectivity index (χ2v) is 7.43. The summed E-state index contributed by atoms with van der Waals surface area (Å²) in [5.41, 5.74) is 0.882. The fourth-order valence-electron chi connectivity index (χ4n) is 2.08. The Morgan fingerprint density at radius 2 is 2.17 bits per heavy atom. The van der Waals surface area contributed by atoms with Crippen molar-refractivity contribution in [3.05, 3.63) is 55.9 Å². The fourth-order valence-corrected chi connectivity index (χ4v) is 3.62. The van der Waals surface area contributed by atoms with E-state index in [1.807, 2.05) is 24.1 Å². The third-order valence-corrected chi connectivity index (χ3v) is 4.82. The van der Waals surface area contributed by atoms with Crippen LogP contribution >= 0.6 is 51.2 Å². The smallest absolute Gasteiger partial charge is 0.193 e. The Bertz CT molecular complexity index is 757. The second kappa shape index (κ2) is 9.96. The molecule has 0 aliphatic carbocycles. The van der Waals surface area contributed by atoms with Crippen molar-refractivity contribution in [3.8, 4) is 6.07 Å². The number of aliphatic imine (C=N–C) groups is 1. The lowest BCUT2D eigenvalue weighted by molar-refractivity contribution is 0.479. The van der Waals surface area contributed by atoms with Crippen molar-refractivity contribution < 1.29 is 4.39 Å². The topological polar surface area (TPSA) is 51.4 Å². The van der Waals surface area contributed by atoms with Gasteiger partial charge in [0.15, 0.2) is 5.96 Å². The molecule has 128 valence electrons. The molecule has 1 heterocycles. The minimum atomic E-state index is -0.336. The van der Waals surface area contributed by atoms with Gasteiger partial charge in [-0.25, -0.2) is 4.39 Å². The quantitative estimate of drug-likeness (QED) is 0.369. The molecule has 1 aromatic heterocycles. The molecule has 0 aliphatic heterocycles. The summed E-state index contributed by atoms with van der Waals surface area (Å²) < 4.78 is 14.9. The average molecular weight is 523 g/mol. The van der Waals surface area contributed by atoms with Gasteiger partial charge in [0.2, 0.25) is 0 Å². The van der Waals surface area contributed by atoms with Crippen LogP contribution in [0, 0.1) is 17.1 Å². The van der Waals surface area contributed by atoms with Gasteiger partial charge in [-0.3, -0.25) is 4.99 Å². The summed E-state index contributed by atoms with van der Waals surface area (Å²) in [6, 6.07) is 10.4. The lowest BCUT2D eigenvalue weighted by atomic mass is 10.1. The van der Waals surface area contributed by atoms with E-state index in [4.69, 9.17) is 5.26 Å². The van der Waals surface area contributed by atoms with Crippen LogP contribution in [0.5, 0.6) is 0 Å². The van der Waals surface area contributed by atoms with E-state index in [-0.39, 0.29) is 36.3 Å². The lowest BCUT2D eigenvalue weighted by Gasteiger charge is -2.21. The van der Waals surface area contributed by atoms with Crippen LogP contribution in [0.15, 0.2) is 39.1 Å². The van der Waals surface area contributed by atoms with Crippen molar-refractivity contribution in [2.75, 3.05) is 14.1 Å². The summed E-state index contributed by atoms with van der Waals surface area (Å²) in [7, 11) is 3.61. The van der Waals surface area contributed by atoms with Crippen LogP contribution in [0.2, 0.25) is 0 Å². The molecule has 0 unspecified atom stereocenters. The van der Waals surface area contributed by atoms with Gasteiger partial charge in [-0.2, -0.15) is 5.26 Å². The van der Waals surface area contributed by atoms with E-state index >= 15 is 0 Å². The Balaban J connectivity index is 0.00000288. The third kappa shape index (κ3) is 5.72. The number of benzene rings is 1. The zero-order chi connectivity index (χ0) is 16.8. The molecule has 1 N–H and O–H groups in total. The molecule has 0 amide bonds. The zero-order valence-corrected chi connectivity index (χ0v) is 17.9. The first-order valence-electron chi connectivity index (χ1n) is 6.88. The highest BCUT2D eigenvalue weighted by molar-refractivity contribution is 14.0. The first-order valence-corrected chi connectivity index (χ1v) is 8.49. The number of rotatable bonds is 4. The molecule has 0 saturated heterocycles. The van der Waals surface area contributed by atoms with Crippen molar-refractivity contribution in [3.63, 3.8) is 0 Å². The van der Waals surface area contributed by atoms with E-state index in [0.717, 1.165) is 3.79 Å². The maximum atomic E-state index is 13.8. The number of nitriles is 1. The number of hydrogen-bond acceptors (Lipinski definition) is 3. The number of guanidine groups is 1. The number of hydrogen-bond donors (Lipinski definition) is 1. The number of thiophene rings is 1. The van der Waals surface area contributed by atoms with Crippen molar-refractivity contribution >= 4 is 57.2 Å². The Kier molecular flexibility index (Phi) is 8.66. The molecule has 4 nitrogen and oxygen atoms in total. The van der Waals surface area contributed by atoms with Crippen molar-refractivity contribution in [1.29, 1.82) is 5.26 Å². The Labute approximate surface area is 170 Å². The van der Waals surface area contributed by atoms with Gasteiger partial charge in [0.05, 0.1) is 22.0 Å². The molecule has 0 radical (unpaired) electrons. The van der Waals surface area contributed by atoms with Crippen LogP contribution in [0.25, 0.3) is 0 Å². The number of nitrogens with zero attached hydrogens (tertiary/aromatic N) is 3. The van der Waals surface area contributed by atoms with E-state index in [9.17, 15) is 4.39 Å². The first kappa shape index (κ1) is 20.9. The van der Waals surface area contributed by atoms with Gasteiger partial charge in [0.25, 0.3) is 0 Å². The molecule has 0 aliphatic rings. The molecular formula is C16H17BrFIN4S. The summed E-state index contributed by atoms with van der Waals surface area (Å²) in [5.74, 6) is 0.327. The van der Waals surface area contributed by atoms with Gasteiger partial charge in [-0.1, -0.05) is 0 Å². The van der Waals surface area contributed by atoms with Gasteiger partial charge in [-0.05, 0) is 46.3 Å². The summed E-state index contributed by atoms with van der Waals surface area (Å²) in [5, 5.41) is 12.0. The van der Waals surface area contributed by atoms with Gasteiger partial charge in [0, 0.05) is 31.1 Å². The van der Waals surface area contributed by atoms with Crippen LogP contribution in [0.3, 0.4) is 0 Å². The van der Waals surface area contributed by atoms with Crippen molar-refractivity contribution in [2.45, 2.75) is 13.1 Å². The SMILES string of the molecule is CN=C(NCc1cc(C#N)ccc1F)N(C)Cc1ccc(Br)s1.I. The molecule has 2 aromatic rings. The summed E-state index contributed by atoms with van der Waals surface area (Å²) >= 11 is 5.11. The summed E-state index contributed by atoms with van der Waals surface area (Å²) in [6.45, 7) is 0.975. The van der Waals surface area contributed by atoms with E-state index in [1.165, 1.54) is 17.0 Å². The van der Waals surface area contributed by atoms with E-state index in [2.05, 4.69) is 32.3 Å². The number of nitrogens with one attached hydrogen (secondary N) is 1. The molecule has 0 fully saturated rings. The Hall–Kier alpha value is -1.18. The molecule has 8 heteroatoms. The minimum absolute atomic E-state index is 0. The molecular weight excluding hydrogens is 506 g/mol. The van der Waals surface area contributed by atoms with Crippen LogP contribution < -0.4 is 5.32 Å². The highest BCUT2D eigenvalue weighted by Gasteiger charge is 2.10. The third-order valence-electron chi connectivity index (χ3n) is 3.21. The molecule has 0 bridgehead atoms. The van der Waals surface area contributed by atoms with Crippen LogP contribution in [0.4, 0.5) is 4.39 Å². The van der Waals surface area contributed by atoms with Crippen molar-refractivity contribution in [2.24, 2.45) is 4.99 Å². The maximum absolute atomic E-state index is 13.8. The zero-order valence-electron chi connectivity index (χ0n) is 13.2. The largest absolute Gasteiger partial charge is 0.352 e. The molecule has 0 atom stereocenters. The molecule has 0 saturated carbocycles. The summed E-state index contributed by atoms with van der Waals surface area (Å²) in [6.07, 6.45) is 0.